The van der Waals surface area contributed by atoms with Crippen molar-refractivity contribution in [3.8, 4) is 5.88 Å². The van der Waals surface area contributed by atoms with Gasteiger partial charge in [0.2, 0.25) is 5.88 Å². The standard InChI is InChI=1S/C14H18N2O3/c1-9-8-16(13(17)19-14(2,3)4)10-6-7-11(18-5)15-12(9)10/h6-8H,1-5H3. The van der Waals surface area contributed by atoms with Crippen LogP contribution in [0, 0.1) is 6.92 Å². The Morgan fingerprint density at radius 2 is 2.00 bits per heavy atom. The average Bonchev–Trinajstić information content (AvgIpc) is 2.64. The van der Waals surface area contributed by atoms with E-state index in [9.17, 15) is 4.79 Å². The minimum atomic E-state index is -0.526. The zero-order valence-corrected chi connectivity index (χ0v) is 11.9. The molecule has 102 valence electrons. The Hall–Kier alpha value is -2.04. The Morgan fingerprint density at radius 3 is 2.58 bits per heavy atom. The van der Waals surface area contributed by atoms with Gasteiger partial charge in [0.1, 0.15) is 5.60 Å². The number of carbonyl (C=O) groups is 1. The van der Waals surface area contributed by atoms with E-state index in [1.807, 2.05) is 27.7 Å². The zero-order chi connectivity index (χ0) is 14.2. The summed E-state index contributed by atoms with van der Waals surface area (Å²) in [7, 11) is 1.56. The molecule has 0 radical (unpaired) electrons. The number of carbonyl (C=O) groups excluding carboxylic acids is 1. The van der Waals surface area contributed by atoms with Gasteiger partial charge < -0.3 is 9.47 Å². The first kappa shape index (κ1) is 13.4. The first-order chi connectivity index (χ1) is 8.81. The van der Waals surface area contributed by atoms with Crippen LogP contribution in [0.4, 0.5) is 4.79 Å². The molecule has 2 aromatic rings. The molecule has 0 amide bonds. The van der Waals surface area contributed by atoms with Gasteiger partial charge in [-0.05, 0) is 39.3 Å². The van der Waals surface area contributed by atoms with Gasteiger partial charge in [-0.15, -0.1) is 0 Å². The van der Waals surface area contributed by atoms with Crippen molar-refractivity contribution in [3.05, 3.63) is 23.9 Å². The molecule has 0 aliphatic carbocycles. The molecule has 0 saturated heterocycles. The Labute approximate surface area is 112 Å². The lowest BCUT2D eigenvalue weighted by atomic mass is 10.2. The second kappa shape index (κ2) is 4.57. The van der Waals surface area contributed by atoms with Crippen LogP contribution >= 0.6 is 0 Å². The van der Waals surface area contributed by atoms with Crippen molar-refractivity contribution in [2.45, 2.75) is 33.3 Å². The predicted molar refractivity (Wildman–Crippen MR) is 72.7 cm³/mol. The molecule has 19 heavy (non-hydrogen) atoms. The van der Waals surface area contributed by atoms with Crippen molar-refractivity contribution >= 4 is 17.1 Å². The van der Waals surface area contributed by atoms with Crippen molar-refractivity contribution < 1.29 is 14.3 Å². The molecular weight excluding hydrogens is 244 g/mol. The fourth-order valence-electron chi connectivity index (χ4n) is 1.82. The number of aromatic nitrogens is 2. The maximum Gasteiger partial charge on any atom is 0.419 e. The number of ether oxygens (including phenoxy) is 2. The summed E-state index contributed by atoms with van der Waals surface area (Å²) in [5, 5.41) is 0. The average molecular weight is 262 g/mol. The van der Waals surface area contributed by atoms with E-state index in [-0.39, 0.29) is 0 Å². The summed E-state index contributed by atoms with van der Waals surface area (Å²) in [4.78, 5) is 16.5. The van der Waals surface area contributed by atoms with Gasteiger partial charge in [0.05, 0.1) is 18.1 Å². The highest BCUT2D eigenvalue weighted by atomic mass is 16.6. The topological polar surface area (TPSA) is 53.4 Å². The second-order valence-electron chi connectivity index (χ2n) is 5.38. The number of hydrogen-bond donors (Lipinski definition) is 0. The third-order valence-corrected chi connectivity index (χ3v) is 2.60. The number of pyridine rings is 1. The van der Waals surface area contributed by atoms with E-state index in [2.05, 4.69) is 4.98 Å². The predicted octanol–water partition coefficient (Wildman–Crippen LogP) is 3.14. The summed E-state index contributed by atoms with van der Waals surface area (Å²) in [5.41, 5.74) is 1.83. The highest BCUT2D eigenvalue weighted by Gasteiger charge is 2.20. The van der Waals surface area contributed by atoms with Crippen molar-refractivity contribution in [2.24, 2.45) is 0 Å². The molecule has 0 aliphatic heterocycles. The highest BCUT2D eigenvalue weighted by Crippen LogP contribution is 2.23. The number of aryl methyl sites for hydroxylation is 1. The number of fused-ring (bicyclic) bond motifs is 1. The molecule has 0 spiro atoms. The molecular formula is C14H18N2O3. The van der Waals surface area contributed by atoms with Crippen LogP contribution in [0.5, 0.6) is 5.88 Å². The van der Waals surface area contributed by atoms with E-state index in [1.54, 1.807) is 25.4 Å². The summed E-state index contributed by atoms with van der Waals surface area (Å²) in [5.74, 6) is 0.525. The van der Waals surface area contributed by atoms with E-state index in [1.165, 1.54) is 4.57 Å². The van der Waals surface area contributed by atoms with Gasteiger partial charge in [0, 0.05) is 12.3 Å². The van der Waals surface area contributed by atoms with Gasteiger partial charge in [0.15, 0.2) is 0 Å². The Balaban J connectivity index is 2.48. The molecule has 2 heterocycles. The van der Waals surface area contributed by atoms with Crippen LogP contribution in [0.3, 0.4) is 0 Å². The van der Waals surface area contributed by atoms with Crippen molar-refractivity contribution in [2.75, 3.05) is 7.11 Å². The van der Waals surface area contributed by atoms with Crippen molar-refractivity contribution in [3.63, 3.8) is 0 Å². The summed E-state index contributed by atoms with van der Waals surface area (Å²) < 4.78 is 11.9. The van der Waals surface area contributed by atoms with Gasteiger partial charge in [-0.1, -0.05) is 0 Å². The highest BCUT2D eigenvalue weighted by molar-refractivity contribution is 5.89. The van der Waals surface area contributed by atoms with Gasteiger partial charge in [-0.25, -0.2) is 9.78 Å². The number of hydrogen-bond acceptors (Lipinski definition) is 4. The molecule has 0 N–H and O–H groups in total. The first-order valence-electron chi connectivity index (χ1n) is 6.08. The van der Waals surface area contributed by atoms with Gasteiger partial charge in [-0.2, -0.15) is 0 Å². The van der Waals surface area contributed by atoms with Crippen LogP contribution in [0.15, 0.2) is 18.3 Å². The number of nitrogens with zero attached hydrogens (tertiary/aromatic N) is 2. The quantitative estimate of drug-likeness (QED) is 0.792. The van der Waals surface area contributed by atoms with Crippen LogP contribution in [0.2, 0.25) is 0 Å². The number of rotatable bonds is 1. The van der Waals surface area contributed by atoms with E-state index >= 15 is 0 Å². The molecule has 0 atom stereocenters. The van der Waals surface area contributed by atoms with E-state index in [4.69, 9.17) is 9.47 Å². The maximum absolute atomic E-state index is 12.1. The van der Waals surface area contributed by atoms with Crippen molar-refractivity contribution in [1.82, 2.24) is 9.55 Å². The molecule has 0 fully saturated rings. The Morgan fingerprint density at radius 1 is 1.32 bits per heavy atom. The van der Waals surface area contributed by atoms with Gasteiger partial charge in [-0.3, -0.25) is 4.57 Å². The molecule has 0 aromatic carbocycles. The fourth-order valence-corrected chi connectivity index (χ4v) is 1.82. The lowest BCUT2D eigenvalue weighted by Crippen LogP contribution is -2.26. The molecule has 5 nitrogen and oxygen atoms in total. The smallest absolute Gasteiger partial charge is 0.419 e. The van der Waals surface area contributed by atoms with E-state index < -0.39 is 11.7 Å². The minimum absolute atomic E-state index is 0.405. The third kappa shape index (κ3) is 2.70. The van der Waals surface area contributed by atoms with Crippen LogP contribution in [0.1, 0.15) is 26.3 Å². The maximum atomic E-state index is 12.1. The molecule has 5 heteroatoms. The van der Waals surface area contributed by atoms with Crippen LogP contribution in [0.25, 0.3) is 11.0 Å². The van der Waals surface area contributed by atoms with Crippen molar-refractivity contribution in [1.29, 1.82) is 0 Å². The molecule has 0 aliphatic rings. The second-order valence-corrected chi connectivity index (χ2v) is 5.38. The monoisotopic (exact) mass is 262 g/mol. The minimum Gasteiger partial charge on any atom is -0.481 e. The van der Waals surface area contributed by atoms with Crippen LogP contribution < -0.4 is 4.74 Å². The lowest BCUT2D eigenvalue weighted by Gasteiger charge is -2.19. The normalized spacial score (nSPS) is 11.6. The Bertz CT molecular complexity index is 623. The zero-order valence-electron chi connectivity index (χ0n) is 11.9. The summed E-state index contributed by atoms with van der Waals surface area (Å²) >= 11 is 0. The number of methoxy groups -OCH3 is 1. The van der Waals surface area contributed by atoms with Crippen LogP contribution in [-0.4, -0.2) is 28.4 Å². The van der Waals surface area contributed by atoms with E-state index in [0.717, 1.165) is 11.1 Å². The molecule has 0 unspecified atom stereocenters. The molecule has 0 saturated carbocycles. The summed E-state index contributed by atoms with van der Waals surface area (Å²) in [6, 6.07) is 3.53. The van der Waals surface area contributed by atoms with Gasteiger partial charge in [0.25, 0.3) is 0 Å². The van der Waals surface area contributed by atoms with Crippen LogP contribution in [-0.2, 0) is 4.74 Å². The Kier molecular flexibility index (Phi) is 3.22. The fraction of sp³-hybridized carbons (Fsp3) is 0.429. The lowest BCUT2D eigenvalue weighted by molar-refractivity contribution is 0.0544. The third-order valence-electron chi connectivity index (χ3n) is 2.60. The molecule has 0 bridgehead atoms. The molecule has 2 rings (SSSR count). The SMILES string of the molecule is COc1ccc2c(n1)c(C)cn2C(=O)OC(C)(C)C. The largest absolute Gasteiger partial charge is 0.481 e. The summed E-state index contributed by atoms with van der Waals surface area (Å²) in [6.07, 6.45) is 1.32. The van der Waals surface area contributed by atoms with E-state index in [0.29, 0.717) is 11.4 Å². The van der Waals surface area contributed by atoms with Gasteiger partial charge >= 0.3 is 6.09 Å². The molecule has 2 aromatic heterocycles. The first-order valence-corrected chi connectivity index (χ1v) is 6.08. The summed E-state index contributed by atoms with van der Waals surface area (Å²) in [6.45, 7) is 7.41.